The summed E-state index contributed by atoms with van der Waals surface area (Å²) in [6, 6.07) is 5.85. The van der Waals surface area contributed by atoms with Gasteiger partial charge in [0.05, 0.1) is 12.0 Å². The molecule has 2 aliphatic rings. The molecule has 37 heavy (non-hydrogen) atoms. The topological polar surface area (TPSA) is 114 Å². The minimum Gasteiger partial charge on any atom is -0.448 e. The van der Waals surface area contributed by atoms with Crippen molar-refractivity contribution in [1.82, 2.24) is 10.2 Å². The summed E-state index contributed by atoms with van der Waals surface area (Å²) in [4.78, 5) is 39.1. The van der Waals surface area contributed by atoms with Gasteiger partial charge in [-0.25, -0.2) is 4.79 Å². The molecule has 0 radical (unpaired) electrons. The minimum atomic E-state index is -0.709. The highest BCUT2D eigenvalue weighted by atomic mass is 16.5. The summed E-state index contributed by atoms with van der Waals surface area (Å²) < 4.78 is 5.19. The minimum absolute atomic E-state index is 0.0572. The second-order valence-electron chi connectivity index (χ2n) is 11.2. The highest BCUT2D eigenvalue weighted by molar-refractivity contribution is 5.92. The van der Waals surface area contributed by atoms with Gasteiger partial charge < -0.3 is 26.0 Å². The lowest BCUT2D eigenvalue weighted by atomic mass is 9.68. The monoisotopic (exact) mass is 514 g/mol. The molecule has 0 bridgehead atoms. The van der Waals surface area contributed by atoms with Gasteiger partial charge >= 0.3 is 6.09 Å². The Morgan fingerprint density at radius 1 is 1.19 bits per heavy atom. The number of nitrogens with two attached hydrogens (primary N) is 1. The van der Waals surface area contributed by atoms with Gasteiger partial charge in [0.25, 0.3) is 0 Å². The van der Waals surface area contributed by atoms with E-state index in [4.69, 9.17) is 10.5 Å². The van der Waals surface area contributed by atoms with Gasteiger partial charge in [-0.3, -0.25) is 9.59 Å². The fraction of sp³-hybridized carbons (Fsp3) is 0.690. The standard InChI is InChI=1S/C29H46N4O4/c1-20(2)23-9-7-22(8-10-23)6-5-13-29(14-15-30)26-12-11-25(32-21(3)34)18-24(26)19-33(27(29)35)16-17-37-28(36)31-4/h11-12,18,20,22-23H,5-10,13-17,19,30H2,1-4H3,(H,31,36)(H,32,34)/t22-,23+,29?. The average Bonchev–Trinajstić information content (AvgIpc) is 2.86. The van der Waals surface area contributed by atoms with Crippen molar-refractivity contribution in [2.45, 2.75) is 84.1 Å². The lowest BCUT2D eigenvalue weighted by molar-refractivity contribution is -0.141. The molecule has 0 saturated heterocycles. The summed E-state index contributed by atoms with van der Waals surface area (Å²) in [5.41, 5.74) is 8.15. The Bertz CT molecular complexity index is 942. The van der Waals surface area contributed by atoms with E-state index in [9.17, 15) is 14.4 Å². The zero-order chi connectivity index (χ0) is 27.0. The normalized spacial score (nSPS) is 23.5. The number of anilines is 1. The highest BCUT2D eigenvalue weighted by Crippen LogP contribution is 2.43. The predicted octanol–water partition coefficient (Wildman–Crippen LogP) is 4.56. The molecule has 8 nitrogen and oxygen atoms in total. The van der Waals surface area contributed by atoms with Gasteiger partial charge in [0, 0.05) is 26.2 Å². The van der Waals surface area contributed by atoms with Crippen LogP contribution in [0, 0.1) is 17.8 Å². The SMILES string of the molecule is CNC(=O)OCCN1Cc2cc(NC(C)=O)ccc2C(CCN)(CCC[C@H]2CC[C@@H](C(C)C)CC2)C1=O. The van der Waals surface area contributed by atoms with Crippen LogP contribution in [-0.2, 0) is 26.3 Å². The maximum absolute atomic E-state index is 14.1. The van der Waals surface area contributed by atoms with E-state index in [2.05, 4.69) is 24.5 Å². The van der Waals surface area contributed by atoms with Crippen molar-refractivity contribution < 1.29 is 19.1 Å². The number of nitrogens with one attached hydrogen (secondary N) is 2. The molecule has 1 fully saturated rings. The molecule has 0 spiro atoms. The van der Waals surface area contributed by atoms with E-state index in [1.807, 2.05) is 18.2 Å². The molecular formula is C29H46N4O4. The van der Waals surface area contributed by atoms with Gasteiger partial charge in [0.1, 0.15) is 6.61 Å². The van der Waals surface area contributed by atoms with Crippen molar-refractivity contribution >= 4 is 23.6 Å². The van der Waals surface area contributed by atoms with Crippen molar-refractivity contribution in [3.63, 3.8) is 0 Å². The lowest BCUT2D eigenvalue weighted by Crippen LogP contribution is -2.52. The third-order valence-corrected chi connectivity index (χ3v) is 8.42. The number of hydrogen-bond donors (Lipinski definition) is 3. The van der Waals surface area contributed by atoms with Crippen LogP contribution in [0.1, 0.15) is 83.3 Å². The van der Waals surface area contributed by atoms with E-state index in [-0.39, 0.29) is 18.4 Å². The molecule has 8 heteroatoms. The van der Waals surface area contributed by atoms with Crippen molar-refractivity contribution in [2.24, 2.45) is 23.5 Å². The van der Waals surface area contributed by atoms with Crippen molar-refractivity contribution in [2.75, 3.05) is 32.1 Å². The van der Waals surface area contributed by atoms with Crippen molar-refractivity contribution in [3.05, 3.63) is 29.3 Å². The lowest BCUT2D eigenvalue weighted by Gasteiger charge is -2.44. The molecule has 1 heterocycles. The smallest absolute Gasteiger partial charge is 0.406 e. The van der Waals surface area contributed by atoms with E-state index in [0.717, 1.165) is 48.1 Å². The summed E-state index contributed by atoms with van der Waals surface area (Å²) in [6.07, 6.45) is 8.06. The molecule has 3 amide bonds. The van der Waals surface area contributed by atoms with Crippen LogP contribution in [0.3, 0.4) is 0 Å². The van der Waals surface area contributed by atoms with Crippen LogP contribution in [0.25, 0.3) is 0 Å². The fourth-order valence-electron chi connectivity index (χ4n) is 6.36. The van der Waals surface area contributed by atoms with Crippen LogP contribution >= 0.6 is 0 Å². The number of amides is 3. The van der Waals surface area contributed by atoms with Crippen LogP contribution in [0.15, 0.2) is 18.2 Å². The summed E-state index contributed by atoms with van der Waals surface area (Å²) in [6.45, 7) is 7.38. The first-order chi connectivity index (χ1) is 17.7. The first-order valence-electron chi connectivity index (χ1n) is 13.9. The number of alkyl carbamates (subject to hydrolysis) is 1. The second kappa shape index (κ2) is 13.3. The van der Waals surface area contributed by atoms with Gasteiger partial charge in [-0.2, -0.15) is 0 Å². The molecule has 1 unspecified atom stereocenters. The molecule has 1 aromatic carbocycles. The summed E-state index contributed by atoms with van der Waals surface area (Å²) >= 11 is 0. The van der Waals surface area contributed by atoms with E-state index < -0.39 is 11.5 Å². The fourth-order valence-corrected chi connectivity index (χ4v) is 6.36. The molecule has 3 rings (SSSR count). The number of benzene rings is 1. The molecule has 1 aromatic rings. The van der Waals surface area contributed by atoms with E-state index in [1.54, 1.807) is 4.90 Å². The van der Waals surface area contributed by atoms with E-state index in [0.29, 0.717) is 31.7 Å². The molecule has 1 saturated carbocycles. The quantitative estimate of drug-likeness (QED) is 0.401. The first-order valence-corrected chi connectivity index (χ1v) is 13.9. The maximum Gasteiger partial charge on any atom is 0.406 e. The molecule has 0 aromatic heterocycles. The van der Waals surface area contributed by atoms with Crippen molar-refractivity contribution in [1.29, 1.82) is 0 Å². The molecule has 1 aliphatic carbocycles. The summed E-state index contributed by atoms with van der Waals surface area (Å²) in [7, 11) is 1.51. The number of fused-ring (bicyclic) bond motifs is 1. The number of carbonyl (C=O) groups excluding carboxylic acids is 3. The van der Waals surface area contributed by atoms with Crippen LogP contribution in [-0.4, -0.2) is 49.6 Å². The molecule has 1 atom stereocenters. The van der Waals surface area contributed by atoms with Crippen LogP contribution in [0.5, 0.6) is 0 Å². The highest BCUT2D eigenvalue weighted by Gasteiger charge is 2.46. The number of ether oxygens (including phenoxy) is 1. The zero-order valence-electron chi connectivity index (χ0n) is 23.1. The Morgan fingerprint density at radius 2 is 1.92 bits per heavy atom. The number of carbonyl (C=O) groups is 3. The largest absolute Gasteiger partial charge is 0.448 e. The van der Waals surface area contributed by atoms with Gasteiger partial charge in [-0.05, 0) is 73.2 Å². The molecular weight excluding hydrogens is 468 g/mol. The first kappa shape index (κ1) is 29.0. The predicted molar refractivity (Wildman–Crippen MR) is 146 cm³/mol. The van der Waals surface area contributed by atoms with E-state index in [1.165, 1.54) is 39.7 Å². The Balaban J connectivity index is 1.81. The van der Waals surface area contributed by atoms with Crippen LogP contribution in [0.2, 0.25) is 0 Å². The summed E-state index contributed by atoms with van der Waals surface area (Å²) in [5, 5.41) is 5.30. The Kier molecular flexibility index (Phi) is 10.4. The Hall–Kier alpha value is -2.61. The number of nitrogens with zero attached hydrogens (tertiary/aromatic N) is 1. The van der Waals surface area contributed by atoms with Crippen LogP contribution in [0.4, 0.5) is 10.5 Å². The van der Waals surface area contributed by atoms with Crippen LogP contribution < -0.4 is 16.4 Å². The Morgan fingerprint density at radius 3 is 2.54 bits per heavy atom. The zero-order valence-corrected chi connectivity index (χ0v) is 23.1. The van der Waals surface area contributed by atoms with Gasteiger partial charge in [0.2, 0.25) is 11.8 Å². The van der Waals surface area contributed by atoms with Gasteiger partial charge in [0.15, 0.2) is 0 Å². The summed E-state index contributed by atoms with van der Waals surface area (Å²) in [5.74, 6) is 2.24. The number of rotatable bonds is 11. The molecule has 1 aliphatic heterocycles. The maximum atomic E-state index is 14.1. The molecule has 206 valence electrons. The second-order valence-corrected chi connectivity index (χ2v) is 11.2. The molecule has 4 N–H and O–H groups in total. The average molecular weight is 515 g/mol. The third-order valence-electron chi connectivity index (χ3n) is 8.42. The van der Waals surface area contributed by atoms with Crippen molar-refractivity contribution in [3.8, 4) is 0 Å². The van der Waals surface area contributed by atoms with Gasteiger partial charge in [-0.15, -0.1) is 0 Å². The van der Waals surface area contributed by atoms with E-state index >= 15 is 0 Å². The Labute approximate surface area is 222 Å². The number of hydrogen-bond acceptors (Lipinski definition) is 5. The van der Waals surface area contributed by atoms with Gasteiger partial charge in [-0.1, -0.05) is 45.6 Å². The third kappa shape index (κ3) is 7.24.